The predicted octanol–water partition coefficient (Wildman–Crippen LogP) is 3.75. The molecule has 2 aromatic rings. The molecule has 0 saturated carbocycles. The molecule has 104 valence electrons. The molecular formula is C17H19NO2. The molecule has 3 nitrogen and oxygen atoms in total. The maximum atomic E-state index is 10.7. The summed E-state index contributed by atoms with van der Waals surface area (Å²) < 4.78 is 2.18. The van der Waals surface area contributed by atoms with Crippen LogP contribution in [0.15, 0.2) is 36.4 Å². The Bertz CT molecular complexity index is 666. The van der Waals surface area contributed by atoms with Crippen LogP contribution < -0.4 is 0 Å². The van der Waals surface area contributed by atoms with Crippen molar-refractivity contribution in [2.24, 2.45) is 0 Å². The highest BCUT2D eigenvalue weighted by atomic mass is 16.4. The number of hydrogen-bond donors (Lipinski definition) is 1. The van der Waals surface area contributed by atoms with E-state index in [0.717, 1.165) is 23.4 Å². The van der Waals surface area contributed by atoms with Crippen molar-refractivity contribution in [3.63, 3.8) is 0 Å². The second-order valence-electron chi connectivity index (χ2n) is 4.82. The van der Waals surface area contributed by atoms with Crippen LogP contribution in [0.3, 0.4) is 0 Å². The molecule has 3 heteroatoms. The van der Waals surface area contributed by atoms with E-state index in [4.69, 9.17) is 5.11 Å². The number of para-hydroxylation sites is 1. The van der Waals surface area contributed by atoms with Crippen LogP contribution in [0.5, 0.6) is 0 Å². The summed E-state index contributed by atoms with van der Waals surface area (Å²) >= 11 is 0. The quantitative estimate of drug-likeness (QED) is 0.859. The SMILES string of the molecule is CCc1ccccc1-n1c(C)cc(/C=C/C(=O)O)c1C. The molecule has 1 aromatic carbocycles. The Labute approximate surface area is 119 Å². The number of carboxylic acid groups (broad SMARTS) is 1. The molecule has 0 radical (unpaired) electrons. The van der Waals surface area contributed by atoms with Gasteiger partial charge < -0.3 is 9.67 Å². The first kappa shape index (κ1) is 14.1. The normalized spacial score (nSPS) is 11.2. The van der Waals surface area contributed by atoms with Gasteiger partial charge in [0, 0.05) is 23.2 Å². The standard InChI is InChI=1S/C17H19NO2/c1-4-14-7-5-6-8-16(14)18-12(2)11-15(13(18)3)9-10-17(19)20/h5-11H,4H2,1-3H3,(H,19,20)/b10-9+. The van der Waals surface area contributed by atoms with Crippen LogP contribution in [0.2, 0.25) is 0 Å². The lowest BCUT2D eigenvalue weighted by molar-refractivity contribution is -0.131. The van der Waals surface area contributed by atoms with E-state index in [1.165, 1.54) is 17.3 Å². The minimum atomic E-state index is -0.927. The zero-order chi connectivity index (χ0) is 14.7. The van der Waals surface area contributed by atoms with Crippen LogP contribution >= 0.6 is 0 Å². The van der Waals surface area contributed by atoms with E-state index in [9.17, 15) is 4.79 Å². The zero-order valence-corrected chi connectivity index (χ0v) is 12.1. The third-order valence-electron chi connectivity index (χ3n) is 3.49. The van der Waals surface area contributed by atoms with Gasteiger partial charge >= 0.3 is 5.97 Å². The molecule has 20 heavy (non-hydrogen) atoms. The number of rotatable bonds is 4. The summed E-state index contributed by atoms with van der Waals surface area (Å²) in [6.07, 6.45) is 3.79. The summed E-state index contributed by atoms with van der Waals surface area (Å²) in [5.74, 6) is -0.927. The first-order valence-electron chi connectivity index (χ1n) is 6.72. The smallest absolute Gasteiger partial charge is 0.328 e. The fourth-order valence-corrected chi connectivity index (χ4v) is 2.52. The van der Waals surface area contributed by atoms with Gasteiger partial charge in [-0.1, -0.05) is 25.1 Å². The van der Waals surface area contributed by atoms with E-state index in [-0.39, 0.29) is 0 Å². The number of carbonyl (C=O) groups is 1. The summed E-state index contributed by atoms with van der Waals surface area (Å²) in [7, 11) is 0. The number of aliphatic carboxylic acids is 1. The van der Waals surface area contributed by atoms with Crippen LogP contribution in [0, 0.1) is 13.8 Å². The van der Waals surface area contributed by atoms with Gasteiger partial charge in [0.05, 0.1) is 0 Å². The summed E-state index contributed by atoms with van der Waals surface area (Å²) in [6, 6.07) is 10.3. The van der Waals surface area contributed by atoms with Crippen molar-refractivity contribution in [2.45, 2.75) is 27.2 Å². The van der Waals surface area contributed by atoms with E-state index < -0.39 is 5.97 Å². The Morgan fingerprint density at radius 1 is 1.30 bits per heavy atom. The average Bonchev–Trinajstić information content (AvgIpc) is 2.71. The van der Waals surface area contributed by atoms with Crippen LogP contribution in [0.4, 0.5) is 0 Å². The largest absolute Gasteiger partial charge is 0.478 e. The molecule has 0 bridgehead atoms. The number of nitrogens with zero attached hydrogens (tertiary/aromatic N) is 1. The second kappa shape index (κ2) is 5.78. The molecule has 2 rings (SSSR count). The number of benzene rings is 1. The topological polar surface area (TPSA) is 42.2 Å². The van der Waals surface area contributed by atoms with E-state index in [1.54, 1.807) is 6.08 Å². The molecule has 0 aliphatic carbocycles. The Hall–Kier alpha value is -2.29. The Morgan fingerprint density at radius 3 is 2.65 bits per heavy atom. The fraction of sp³-hybridized carbons (Fsp3) is 0.235. The predicted molar refractivity (Wildman–Crippen MR) is 81.3 cm³/mol. The van der Waals surface area contributed by atoms with Gasteiger partial charge in [0.25, 0.3) is 0 Å². The third kappa shape index (κ3) is 2.67. The van der Waals surface area contributed by atoms with Gasteiger partial charge in [0.1, 0.15) is 0 Å². The van der Waals surface area contributed by atoms with Crippen molar-refractivity contribution >= 4 is 12.0 Å². The van der Waals surface area contributed by atoms with Crippen molar-refractivity contribution in [1.29, 1.82) is 0 Å². The summed E-state index contributed by atoms with van der Waals surface area (Å²) in [5.41, 5.74) is 5.55. The van der Waals surface area contributed by atoms with Gasteiger partial charge in [0.15, 0.2) is 0 Å². The van der Waals surface area contributed by atoms with Gasteiger partial charge in [-0.25, -0.2) is 4.79 Å². The minimum Gasteiger partial charge on any atom is -0.478 e. The molecule has 1 heterocycles. The highest BCUT2D eigenvalue weighted by Gasteiger charge is 2.11. The molecule has 1 N–H and O–H groups in total. The van der Waals surface area contributed by atoms with Crippen LogP contribution in [-0.4, -0.2) is 15.6 Å². The van der Waals surface area contributed by atoms with Crippen LogP contribution in [0.25, 0.3) is 11.8 Å². The zero-order valence-electron chi connectivity index (χ0n) is 12.1. The maximum absolute atomic E-state index is 10.7. The minimum absolute atomic E-state index is 0.927. The van der Waals surface area contributed by atoms with Crippen molar-refractivity contribution in [3.05, 3.63) is 58.9 Å². The molecule has 0 saturated heterocycles. The number of carboxylic acids is 1. The Morgan fingerprint density at radius 2 is 2.00 bits per heavy atom. The van der Waals surface area contributed by atoms with E-state index >= 15 is 0 Å². The molecule has 0 amide bonds. The highest BCUT2D eigenvalue weighted by molar-refractivity contribution is 5.85. The fourth-order valence-electron chi connectivity index (χ4n) is 2.52. The van der Waals surface area contributed by atoms with Gasteiger partial charge in [-0.15, -0.1) is 0 Å². The van der Waals surface area contributed by atoms with Crippen molar-refractivity contribution < 1.29 is 9.90 Å². The van der Waals surface area contributed by atoms with Crippen LogP contribution in [0.1, 0.15) is 29.4 Å². The Balaban J connectivity index is 2.55. The third-order valence-corrected chi connectivity index (χ3v) is 3.49. The highest BCUT2D eigenvalue weighted by Crippen LogP contribution is 2.24. The average molecular weight is 269 g/mol. The lowest BCUT2D eigenvalue weighted by atomic mass is 10.1. The van der Waals surface area contributed by atoms with E-state index in [0.29, 0.717) is 0 Å². The molecular weight excluding hydrogens is 250 g/mol. The molecule has 0 fully saturated rings. The molecule has 0 atom stereocenters. The van der Waals surface area contributed by atoms with Gasteiger partial charge in [-0.05, 0) is 49.6 Å². The maximum Gasteiger partial charge on any atom is 0.328 e. The number of aryl methyl sites for hydroxylation is 2. The van der Waals surface area contributed by atoms with Gasteiger partial charge in [-0.2, -0.15) is 0 Å². The molecule has 0 aliphatic heterocycles. The Kier molecular flexibility index (Phi) is 4.08. The van der Waals surface area contributed by atoms with Gasteiger partial charge in [0.2, 0.25) is 0 Å². The monoisotopic (exact) mass is 269 g/mol. The van der Waals surface area contributed by atoms with Crippen molar-refractivity contribution in [3.8, 4) is 5.69 Å². The number of hydrogen-bond acceptors (Lipinski definition) is 1. The van der Waals surface area contributed by atoms with Crippen molar-refractivity contribution in [1.82, 2.24) is 4.57 Å². The molecule has 0 unspecified atom stereocenters. The lowest BCUT2D eigenvalue weighted by Gasteiger charge is -2.13. The molecule has 1 aromatic heterocycles. The van der Waals surface area contributed by atoms with Gasteiger partial charge in [-0.3, -0.25) is 0 Å². The first-order valence-corrected chi connectivity index (χ1v) is 6.72. The molecule has 0 spiro atoms. The lowest BCUT2D eigenvalue weighted by Crippen LogP contribution is -2.02. The van der Waals surface area contributed by atoms with Crippen LogP contribution in [-0.2, 0) is 11.2 Å². The first-order chi connectivity index (χ1) is 9.54. The van der Waals surface area contributed by atoms with Crippen molar-refractivity contribution in [2.75, 3.05) is 0 Å². The molecule has 0 aliphatic rings. The second-order valence-corrected chi connectivity index (χ2v) is 4.82. The number of aromatic nitrogens is 1. The van der Waals surface area contributed by atoms with E-state index in [1.807, 2.05) is 32.0 Å². The summed E-state index contributed by atoms with van der Waals surface area (Å²) in [4.78, 5) is 10.7. The summed E-state index contributed by atoms with van der Waals surface area (Å²) in [5, 5.41) is 8.75. The summed E-state index contributed by atoms with van der Waals surface area (Å²) in [6.45, 7) is 6.19. The van der Waals surface area contributed by atoms with E-state index in [2.05, 4.69) is 23.6 Å².